The Kier molecular flexibility index (Phi) is 6.94. The Labute approximate surface area is 258 Å². The van der Waals surface area contributed by atoms with Gasteiger partial charge in [0.05, 0.1) is 0 Å². The van der Waals surface area contributed by atoms with Crippen molar-refractivity contribution in [2.75, 3.05) is 0 Å². The van der Waals surface area contributed by atoms with Gasteiger partial charge < -0.3 is 8.83 Å². The van der Waals surface area contributed by atoms with Gasteiger partial charge in [0.15, 0.2) is 0 Å². The first-order valence-corrected chi connectivity index (χ1v) is 13.0. The maximum atomic E-state index is 17.1. The summed E-state index contributed by atoms with van der Waals surface area (Å²) in [6, 6.07) is 21.6. The van der Waals surface area contributed by atoms with E-state index < -0.39 is 22.8 Å². The quantitative estimate of drug-likeness (QED) is 0.234. The molecule has 4 aromatic rings. The molecule has 0 amide bonds. The SMILES string of the molecule is N#C/C(=C1C2=C(C(F)=C/1c1ccnc(C#N)c1)/C(=C(/C#N)c1ccc(C#N)o1)C(c1ccnc(C#N)c1)=C2F)c1ccc(C#N)o1. The van der Waals surface area contributed by atoms with Crippen molar-refractivity contribution in [1.82, 2.24) is 9.97 Å². The molecule has 0 spiro atoms. The van der Waals surface area contributed by atoms with Gasteiger partial charge in [-0.3, -0.25) is 0 Å². The number of halogens is 2. The number of nitriles is 6. The monoisotopic (exact) mass is 600 g/mol. The van der Waals surface area contributed by atoms with Gasteiger partial charge in [-0.2, -0.15) is 31.6 Å². The van der Waals surface area contributed by atoms with Crippen molar-refractivity contribution >= 4 is 22.3 Å². The average molecular weight is 601 g/mol. The lowest BCUT2D eigenvalue weighted by molar-refractivity contribution is 0.540. The molecule has 0 atom stereocenters. The van der Waals surface area contributed by atoms with Crippen LogP contribution in [0.1, 0.15) is 45.6 Å². The zero-order chi connectivity index (χ0) is 32.5. The number of aromatic nitrogens is 2. The minimum absolute atomic E-state index is 0.0564. The molecule has 0 aromatic carbocycles. The van der Waals surface area contributed by atoms with Crippen LogP contribution in [0.4, 0.5) is 8.78 Å². The number of nitrogens with zero attached hydrogens (tertiary/aromatic N) is 8. The lowest BCUT2D eigenvalue weighted by atomic mass is 9.88. The van der Waals surface area contributed by atoms with Crippen LogP contribution in [0.5, 0.6) is 0 Å². The van der Waals surface area contributed by atoms with E-state index in [0.29, 0.717) is 0 Å². The van der Waals surface area contributed by atoms with E-state index in [2.05, 4.69) is 9.97 Å². The molecule has 212 valence electrons. The molecule has 0 unspecified atom stereocenters. The summed E-state index contributed by atoms with van der Waals surface area (Å²) in [5.41, 5.74) is -2.79. The molecule has 0 bridgehead atoms. The molecular weight excluding hydrogens is 590 g/mol. The summed E-state index contributed by atoms with van der Waals surface area (Å²) in [6.07, 6.45) is 2.48. The van der Waals surface area contributed by atoms with Gasteiger partial charge >= 0.3 is 0 Å². The summed E-state index contributed by atoms with van der Waals surface area (Å²) in [7, 11) is 0. The summed E-state index contributed by atoms with van der Waals surface area (Å²) in [5.74, 6) is -2.80. The molecule has 46 heavy (non-hydrogen) atoms. The third kappa shape index (κ3) is 4.34. The minimum atomic E-state index is -1.06. The van der Waals surface area contributed by atoms with Crippen LogP contribution in [0.25, 0.3) is 22.3 Å². The zero-order valence-electron chi connectivity index (χ0n) is 22.9. The van der Waals surface area contributed by atoms with Gasteiger partial charge in [0.25, 0.3) is 0 Å². The fourth-order valence-corrected chi connectivity index (χ4v) is 5.28. The second-order valence-electron chi connectivity index (χ2n) is 9.49. The van der Waals surface area contributed by atoms with Gasteiger partial charge in [-0.25, -0.2) is 18.7 Å². The van der Waals surface area contributed by atoms with Crippen LogP contribution in [-0.4, -0.2) is 9.97 Å². The molecule has 0 radical (unpaired) electrons. The van der Waals surface area contributed by atoms with E-state index in [4.69, 9.17) is 8.83 Å². The molecule has 0 aliphatic heterocycles. The average Bonchev–Trinajstić information content (AvgIpc) is 3.88. The summed E-state index contributed by atoms with van der Waals surface area (Å²) in [5, 5.41) is 58.4. The number of pyridine rings is 2. The largest absolute Gasteiger partial charge is 0.445 e. The maximum Gasteiger partial charge on any atom is 0.204 e. The summed E-state index contributed by atoms with van der Waals surface area (Å²) in [6.45, 7) is 0. The first-order chi connectivity index (χ1) is 22.4. The molecule has 4 aromatic heterocycles. The predicted octanol–water partition coefficient (Wildman–Crippen LogP) is 6.49. The van der Waals surface area contributed by atoms with Gasteiger partial charge in [-0.15, -0.1) is 0 Å². The highest BCUT2D eigenvalue weighted by molar-refractivity contribution is 6.13. The lowest BCUT2D eigenvalue weighted by Gasteiger charge is -2.15. The van der Waals surface area contributed by atoms with Crippen molar-refractivity contribution in [2.45, 2.75) is 0 Å². The lowest BCUT2D eigenvalue weighted by Crippen LogP contribution is -2.00. The highest BCUT2D eigenvalue weighted by atomic mass is 19.1. The Hall–Kier alpha value is -7.64. The van der Waals surface area contributed by atoms with Crippen molar-refractivity contribution in [3.8, 4) is 36.4 Å². The van der Waals surface area contributed by atoms with E-state index in [-0.39, 0.29) is 79.0 Å². The zero-order valence-corrected chi connectivity index (χ0v) is 22.9. The van der Waals surface area contributed by atoms with E-state index in [1.165, 1.54) is 60.9 Å². The molecule has 2 aliphatic carbocycles. The Balaban J connectivity index is 1.79. The summed E-state index contributed by atoms with van der Waals surface area (Å²) >= 11 is 0. The van der Waals surface area contributed by atoms with E-state index >= 15 is 8.78 Å². The third-order valence-electron chi connectivity index (χ3n) is 7.10. The van der Waals surface area contributed by atoms with Crippen LogP contribution < -0.4 is 0 Å². The highest BCUT2D eigenvalue weighted by Gasteiger charge is 2.45. The van der Waals surface area contributed by atoms with Gasteiger partial charge in [-0.05, 0) is 59.7 Å². The topological polar surface area (TPSA) is 195 Å². The van der Waals surface area contributed by atoms with Crippen LogP contribution in [0.3, 0.4) is 0 Å². The molecule has 12 heteroatoms. The molecule has 6 rings (SSSR count). The first kappa shape index (κ1) is 28.5. The maximum absolute atomic E-state index is 17.1. The number of hydrogen-bond acceptors (Lipinski definition) is 10. The van der Waals surface area contributed by atoms with Crippen molar-refractivity contribution in [1.29, 1.82) is 31.6 Å². The Morgan fingerprint density at radius 3 is 1.28 bits per heavy atom. The minimum Gasteiger partial charge on any atom is -0.445 e. The predicted molar refractivity (Wildman–Crippen MR) is 153 cm³/mol. The van der Waals surface area contributed by atoms with E-state index in [9.17, 15) is 31.6 Å². The Morgan fingerprint density at radius 1 is 0.543 bits per heavy atom. The fraction of sp³-hybridized carbons (Fsp3) is 0. The summed E-state index contributed by atoms with van der Waals surface area (Å²) < 4.78 is 45.3. The van der Waals surface area contributed by atoms with Crippen LogP contribution in [0.15, 0.2) is 104 Å². The molecular formula is C34H10F2N8O2. The second-order valence-corrected chi connectivity index (χ2v) is 9.49. The smallest absolute Gasteiger partial charge is 0.204 e. The normalized spacial score (nSPS) is 15.7. The van der Waals surface area contributed by atoms with Gasteiger partial charge in [0, 0.05) is 45.8 Å². The Bertz CT molecular complexity index is 2290. The second kappa shape index (κ2) is 11.2. The van der Waals surface area contributed by atoms with Crippen LogP contribution in [-0.2, 0) is 0 Å². The molecule has 10 nitrogen and oxygen atoms in total. The van der Waals surface area contributed by atoms with Crippen LogP contribution in [0, 0.1) is 68.0 Å². The number of allylic oxidation sites excluding steroid dienone is 10. The molecule has 0 N–H and O–H groups in total. The fourth-order valence-electron chi connectivity index (χ4n) is 5.28. The molecule has 0 saturated heterocycles. The van der Waals surface area contributed by atoms with Gasteiger partial charge in [0.2, 0.25) is 11.5 Å². The highest BCUT2D eigenvalue weighted by Crippen LogP contribution is 2.59. The number of rotatable bonds is 4. The van der Waals surface area contributed by atoms with Crippen LogP contribution >= 0.6 is 0 Å². The van der Waals surface area contributed by atoms with Gasteiger partial charge in [-0.1, -0.05) is 0 Å². The molecule has 0 fully saturated rings. The van der Waals surface area contributed by atoms with Crippen molar-refractivity contribution in [2.24, 2.45) is 0 Å². The summed E-state index contributed by atoms with van der Waals surface area (Å²) in [4.78, 5) is 7.83. The van der Waals surface area contributed by atoms with Crippen molar-refractivity contribution < 1.29 is 17.6 Å². The van der Waals surface area contributed by atoms with E-state index in [1.54, 1.807) is 12.1 Å². The van der Waals surface area contributed by atoms with E-state index in [1.807, 2.05) is 24.3 Å². The van der Waals surface area contributed by atoms with Crippen molar-refractivity contribution in [3.05, 3.63) is 140 Å². The first-order valence-electron chi connectivity index (χ1n) is 13.0. The Morgan fingerprint density at radius 2 is 0.957 bits per heavy atom. The van der Waals surface area contributed by atoms with Crippen molar-refractivity contribution in [3.63, 3.8) is 0 Å². The van der Waals surface area contributed by atoms with Gasteiger partial charge in [0.1, 0.15) is 82.1 Å². The standard InChI is InChI=1S/C34H10F2N8O2/c35-33-27(17-5-7-43-19(9-17)11-37)29(23(15-41)25-3-1-21(13-39)45-25)31-32(33)30(24(16-42)26-4-2-22(14-40)46-26)28(34(31)36)18-6-8-44-20(10-18)12-38/h1-10H/b29-23-,30-24-. The molecule has 2 aliphatic rings. The number of hydrogen-bond donors (Lipinski definition) is 0. The van der Waals surface area contributed by atoms with E-state index in [0.717, 1.165) is 0 Å². The molecule has 4 heterocycles. The molecule has 0 saturated carbocycles. The number of furan rings is 2. The third-order valence-corrected chi connectivity index (χ3v) is 7.10. The van der Waals surface area contributed by atoms with Crippen LogP contribution in [0.2, 0.25) is 0 Å².